The average molecular weight is 909 g/mol. The molecule has 0 saturated carbocycles. The summed E-state index contributed by atoms with van der Waals surface area (Å²) in [6, 6.07) is 5.14. The molecule has 20 nitrogen and oxygen atoms in total. The number of anilines is 1. The Labute approximate surface area is 380 Å². The molecule has 3 fully saturated rings. The van der Waals surface area contributed by atoms with Crippen LogP contribution in [0.25, 0.3) is 11.4 Å². The van der Waals surface area contributed by atoms with Crippen LogP contribution in [0.5, 0.6) is 0 Å². The number of nitrogens with two attached hydrogens (primary N) is 1. The Kier molecular flexibility index (Phi) is 15.8. The number of aromatic nitrogens is 6. The molecule has 4 N–H and O–H groups in total. The van der Waals surface area contributed by atoms with Crippen molar-refractivity contribution in [2.24, 2.45) is 17.8 Å². The number of hydrogen-bond acceptors (Lipinski definition) is 17. The third-order valence-corrected chi connectivity index (χ3v) is 13.4. The minimum Gasteiger partial charge on any atom is -0.455 e. The summed E-state index contributed by atoms with van der Waals surface area (Å²) in [4.78, 5) is 69.3. The van der Waals surface area contributed by atoms with Crippen molar-refractivity contribution in [3.8, 4) is 11.4 Å². The van der Waals surface area contributed by atoms with E-state index >= 15 is 0 Å². The van der Waals surface area contributed by atoms with Gasteiger partial charge in [-0.1, -0.05) is 32.1 Å². The summed E-state index contributed by atoms with van der Waals surface area (Å²) in [5, 5.41) is 23.7. The molecule has 1 amide bonds. The molecule has 65 heavy (non-hydrogen) atoms. The lowest BCUT2D eigenvalue weighted by Crippen LogP contribution is -2.65. The van der Waals surface area contributed by atoms with Gasteiger partial charge in [-0.3, -0.25) is 28.7 Å². The van der Waals surface area contributed by atoms with Gasteiger partial charge < -0.3 is 44.7 Å². The maximum atomic E-state index is 14.6. The SMILES string of the molecule is CC[C@H]1OC(=O)[C@H](C)C(=O)[C@@H](C)[C@@H](O[C@@H]2O[C@H](C)CC(N(C)C)C2O)[C@](C)(OC)C[C@@H](C)CN[C@H](C)[C@H]2N(CCCCn3cc(-c4ccccn4)nn3)C(=O)O[C@]12n1ccc(N)nc1=O. The zero-order valence-corrected chi connectivity index (χ0v) is 39.3. The van der Waals surface area contributed by atoms with Gasteiger partial charge in [-0.15, -0.1) is 5.10 Å². The zero-order chi connectivity index (χ0) is 47.4. The molecule has 3 aliphatic heterocycles. The van der Waals surface area contributed by atoms with E-state index < -0.39 is 83.4 Å². The number of nitrogens with one attached hydrogen (secondary N) is 1. The van der Waals surface area contributed by atoms with E-state index in [1.165, 1.54) is 23.8 Å². The number of pyridine rings is 1. The monoisotopic (exact) mass is 909 g/mol. The van der Waals surface area contributed by atoms with Crippen molar-refractivity contribution < 1.29 is 43.2 Å². The molecular formula is C45H68N10O10. The minimum absolute atomic E-state index is 0.0501. The summed E-state index contributed by atoms with van der Waals surface area (Å²) < 4.78 is 34.8. The Bertz CT molecular complexity index is 2160. The van der Waals surface area contributed by atoms with E-state index in [0.717, 1.165) is 0 Å². The average Bonchev–Trinajstić information content (AvgIpc) is 3.87. The van der Waals surface area contributed by atoms with Gasteiger partial charge in [0.2, 0.25) is 0 Å². The number of esters is 1. The summed E-state index contributed by atoms with van der Waals surface area (Å²) in [7, 11) is 5.31. The lowest BCUT2D eigenvalue weighted by molar-refractivity contribution is -0.295. The van der Waals surface area contributed by atoms with E-state index in [0.29, 0.717) is 50.2 Å². The van der Waals surface area contributed by atoms with Gasteiger partial charge in [0.25, 0.3) is 5.72 Å². The number of nitrogen functional groups attached to an aromatic ring is 1. The third kappa shape index (κ3) is 10.4. The molecule has 3 aliphatic rings. The molecule has 6 heterocycles. The molecule has 0 bridgehead atoms. The summed E-state index contributed by atoms with van der Waals surface area (Å²) in [5.41, 5.74) is 3.38. The van der Waals surface area contributed by atoms with Crippen LogP contribution < -0.4 is 16.7 Å². The largest absolute Gasteiger partial charge is 0.455 e. The Morgan fingerprint density at radius 1 is 1.05 bits per heavy atom. The number of aliphatic hydroxyl groups excluding tert-OH is 1. The number of aryl methyl sites for hydroxylation is 1. The molecular weight excluding hydrogens is 841 g/mol. The summed E-state index contributed by atoms with van der Waals surface area (Å²) in [6.07, 6.45) is 1.58. The highest BCUT2D eigenvalue weighted by Crippen LogP contribution is 2.43. The molecule has 0 aliphatic carbocycles. The Morgan fingerprint density at radius 3 is 2.45 bits per heavy atom. The van der Waals surface area contributed by atoms with Crippen molar-refractivity contribution in [2.75, 3.05) is 40.0 Å². The number of Topliss-reactive ketones (excluding diaryl/α,β-unsaturated/α-hetero) is 1. The standard InChI is InChI=1S/C45H68N10O10/c1-11-34-45(55-21-17-35(46)49-42(55)59)38(54(43(60)65-45)20-15-14-19-53-25-32(50-51-53)31-16-12-13-18-47-31)30(6)48-24-26(2)23-44(7,61-10)39(28(4)36(56)29(5)40(58)63-34)64-41-37(57)33(52(8)9)22-27(3)62-41/h12-13,16-18,21,25-30,33-34,37-39,41,48,57H,11,14-15,19-20,22-24H2,1-10H3,(H2,46,49,59)/t26-,27-,28-,29-,30-,33?,34-,37?,38-,39-,41+,44-,45-/m1/s1. The third-order valence-electron chi connectivity index (χ3n) is 13.4. The number of nitrogens with zero attached hydrogens (tertiary/aromatic N) is 8. The van der Waals surface area contributed by atoms with E-state index in [-0.39, 0.29) is 36.8 Å². The fourth-order valence-electron chi connectivity index (χ4n) is 9.87. The quantitative estimate of drug-likeness (QED) is 0.134. The first kappa shape index (κ1) is 49.6. The molecule has 3 aromatic rings. The van der Waals surface area contributed by atoms with E-state index in [1.807, 2.05) is 71.1 Å². The smallest absolute Gasteiger partial charge is 0.412 e. The van der Waals surface area contributed by atoms with Crippen LogP contribution in [-0.2, 0) is 45.5 Å². The number of ketones is 1. The maximum Gasteiger partial charge on any atom is 0.412 e. The van der Waals surface area contributed by atoms with Crippen molar-refractivity contribution in [2.45, 2.75) is 147 Å². The molecule has 3 aromatic heterocycles. The second kappa shape index (κ2) is 20.8. The van der Waals surface area contributed by atoms with Crippen LogP contribution >= 0.6 is 0 Å². The predicted octanol–water partition coefficient (Wildman–Crippen LogP) is 2.83. The topological polar surface area (TPSA) is 241 Å². The summed E-state index contributed by atoms with van der Waals surface area (Å²) in [6.45, 7) is 13.6. The van der Waals surface area contributed by atoms with Crippen LogP contribution in [0.15, 0.2) is 47.7 Å². The number of methoxy groups -OCH3 is 1. The highest BCUT2D eigenvalue weighted by molar-refractivity contribution is 6.00. The van der Waals surface area contributed by atoms with Gasteiger partial charge in [-0.2, -0.15) is 4.98 Å². The van der Waals surface area contributed by atoms with Crippen LogP contribution in [0.3, 0.4) is 0 Å². The van der Waals surface area contributed by atoms with Crippen molar-refractivity contribution >= 4 is 23.7 Å². The molecule has 6 rings (SSSR count). The first-order valence-corrected chi connectivity index (χ1v) is 22.7. The Morgan fingerprint density at radius 2 is 1.78 bits per heavy atom. The van der Waals surface area contributed by atoms with Crippen LogP contribution in [-0.4, -0.2) is 151 Å². The number of fused-ring (bicyclic) bond motifs is 1. The number of ether oxygens (including phenoxy) is 5. The van der Waals surface area contributed by atoms with Gasteiger partial charge in [0, 0.05) is 50.6 Å². The van der Waals surface area contributed by atoms with Crippen molar-refractivity contribution in [3.63, 3.8) is 0 Å². The fourth-order valence-corrected chi connectivity index (χ4v) is 9.87. The van der Waals surface area contributed by atoms with Gasteiger partial charge in [-0.05, 0) is 105 Å². The molecule has 13 atom stereocenters. The second-order valence-electron chi connectivity index (χ2n) is 18.5. The number of rotatable bonds is 12. The van der Waals surface area contributed by atoms with Crippen molar-refractivity contribution in [1.82, 2.24) is 44.6 Å². The highest BCUT2D eigenvalue weighted by Gasteiger charge is 2.63. The van der Waals surface area contributed by atoms with Crippen molar-refractivity contribution in [3.05, 3.63) is 53.3 Å². The van der Waals surface area contributed by atoms with Gasteiger partial charge in [0.15, 0.2) is 18.2 Å². The van der Waals surface area contributed by atoms with E-state index in [2.05, 4.69) is 25.6 Å². The molecule has 358 valence electrons. The highest BCUT2D eigenvalue weighted by atomic mass is 16.7. The zero-order valence-electron chi connectivity index (χ0n) is 39.3. The van der Waals surface area contributed by atoms with Gasteiger partial charge in [0.1, 0.15) is 29.6 Å². The lowest BCUT2D eigenvalue weighted by atomic mass is 9.78. The lowest BCUT2D eigenvalue weighted by Gasteiger charge is -2.46. The molecule has 0 spiro atoms. The number of cyclic esters (lactones) is 1. The Balaban J connectivity index is 1.35. The summed E-state index contributed by atoms with van der Waals surface area (Å²) >= 11 is 0. The first-order valence-electron chi connectivity index (χ1n) is 22.7. The number of aliphatic hydroxyl groups is 1. The van der Waals surface area contributed by atoms with E-state index in [4.69, 9.17) is 29.4 Å². The number of likely N-dealkylation sites (N-methyl/N-ethyl adjacent to an activating group) is 1. The van der Waals surface area contributed by atoms with Gasteiger partial charge >= 0.3 is 17.8 Å². The predicted molar refractivity (Wildman–Crippen MR) is 238 cm³/mol. The number of unbranched alkanes of at least 4 members (excludes halogenated alkanes) is 1. The van der Waals surface area contributed by atoms with Gasteiger partial charge in [0.05, 0.1) is 29.7 Å². The molecule has 3 saturated heterocycles. The molecule has 20 heteroatoms. The molecule has 0 radical (unpaired) electrons. The number of carbonyl (C=O) groups excluding carboxylic acids is 3. The second-order valence-corrected chi connectivity index (χ2v) is 18.5. The van der Waals surface area contributed by atoms with Crippen LogP contribution in [0, 0.1) is 17.8 Å². The normalized spacial score (nSPS) is 34.1. The van der Waals surface area contributed by atoms with Gasteiger partial charge in [-0.25, -0.2) is 9.59 Å². The van der Waals surface area contributed by atoms with E-state index in [1.54, 1.807) is 36.7 Å². The van der Waals surface area contributed by atoms with Crippen LogP contribution in [0.4, 0.5) is 10.6 Å². The summed E-state index contributed by atoms with van der Waals surface area (Å²) in [5.74, 6) is -3.92. The minimum atomic E-state index is -1.96. The Hall–Kier alpha value is -4.86. The van der Waals surface area contributed by atoms with Crippen LogP contribution in [0.2, 0.25) is 0 Å². The molecule has 2 unspecified atom stereocenters. The number of hydrogen-bond donors (Lipinski definition) is 3. The number of carbonyl (C=O) groups is 3. The molecule has 0 aromatic carbocycles. The van der Waals surface area contributed by atoms with Crippen LogP contribution in [0.1, 0.15) is 80.6 Å². The first-order chi connectivity index (χ1) is 30.8. The van der Waals surface area contributed by atoms with E-state index in [9.17, 15) is 24.3 Å². The van der Waals surface area contributed by atoms with Crippen molar-refractivity contribution in [1.29, 1.82) is 0 Å². The maximum absolute atomic E-state index is 14.6. The fraction of sp³-hybridized carbons (Fsp3) is 0.689. The number of amides is 1.